The van der Waals surface area contributed by atoms with Crippen molar-refractivity contribution < 1.29 is 9.47 Å². The number of alkyl halides is 1. The van der Waals surface area contributed by atoms with Gasteiger partial charge in [-0.05, 0) is 35.0 Å². The predicted molar refractivity (Wildman–Crippen MR) is 83.7 cm³/mol. The third-order valence-corrected chi connectivity index (χ3v) is 3.94. The smallest absolute Gasteiger partial charge is 0.133 e. The highest BCUT2D eigenvalue weighted by atomic mass is 79.9. The summed E-state index contributed by atoms with van der Waals surface area (Å²) in [6.45, 7) is 2.58. The fraction of sp³-hybridized carbons (Fsp3) is 0.385. The largest absolute Gasteiger partial charge is 0.496 e. The fourth-order valence-corrected chi connectivity index (χ4v) is 2.49. The molecule has 0 radical (unpaired) electrons. The lowest BCUT2D eigenvalue weighted by atomic mass is 10.2. The molecule has 0 amide bonds. The normalized spacial score (nSPS) is 12.2. The monoisotopic (exact) mass is 403 g/mol. The summed E-state index contributed by atoms with van der Waals surface area (Å²) in [7, 11) is 3.28. The van der Waals surface area contributed by atoms with Gasteiger partial charge in [-0.3, -0.25) is 0 Å². The molecule has 2 aromatic rings. The molecular weight excluding hydrogens is 390 g/mol. The van der Waals surface area contributed by atoms with E-state index in [1.807, 2.05) is 25.3 Å². The molecule has 1 aromatic carbocycles. The maximum atomic E-state index is 5.40. The van der Waals surface area contributed by atoms with E-state index in [0.717, 1.165) is 27.2 Å². The summed E-state index contributed by atoms with van der Waals surface area (Å²) in [5.41, 5.74) is 1.87. The lowest BCUT2D eigenvalue weighted by Crippen LogP contribution is -2.03. The van der Waals surface area contributed by atoms with Crippen molar-refractivity contribution in [3.05, 3.63) is 34.1 Å². The van der Waals surface area contributed by atoms with Gasteiger partial charge in [0, 0.05) is 11.8 Å². The van der Waals surface area contributed by atoms with E-state index in [1.165, 1.54) is 0 Å². The van der Waals surface area contributed by atoms with Crippen molar-refractivity contribution in [2.45, 2.75) is 18.3 Å². The number of nitrogens with zero attached hydrogens (tertiary/aromatic N) is 3. The molecule has 1 aromatic heterocycles. The number of hydrogen-bond donors (Lipinski definition) is 0. The number of aromatic nitrogens is 3. The molecule has 0 aliphatic rings. The standard InChI is InChI=1S/C13H15Br2N3O2/c1-8(14)11-7-18(17-16-11)6-9-4-13(20-3)10(15)5-12(9)19-2/h4-5,7-8H,6H2,1-3H3. The third kappa shape index (κ3) is 3.32. The zero-order valence-electron chi connectivity index (χ0n) is 11.4. The van der Waals surface area contributed by atoms with Gasteiger partial charge in [-0.15, -0.1) is 5.10 Å². The van der Waals surface area contributed by atoms with Gasteiger partial charge >= 0.3 is 0 Å². The van der Waals surface area contributed by atoms with E-state index in [0.29, 0.717) is 6.54 Å². The first-order chi connectivity index (χ1) is 9.55. The molecule has 5 nitrogen and oxygen atoms in total. The summed E-state index contributed by atoms with van der Waals surface area (Å²) in [4.78, 5) is 0.178. The van der Waals surface area contributed by atoms with Gasteiger partial charge in [-0.25, -0.2) is 4.68 Å². The molecule has 0 N–H and O–H groups in total. The van der Waals surface area contributed by atoms with Gasteiger partial charge in [0.2, 0.25) is 0 Å². The van der Waals surface area contributed by atoms with Gasteiger partial charge in [0.25, 0.3) is 0 Å². The van der Waals surface area contributed by atoms with Crippen LogP contribution in [0.4, 0.5) is 0 Å². The molecule has 0 fully saturated rings. The molecule has 1 unspecified atom stereocenters. The van der Waals surface area contributed by atoms with Crippen LogP contribution >= 0.6 is 31.9 Å². The Morgan fingerprint density at radius 2 is 1.95 bits per heavy atom. The van der Waals surface area contributed by atoms with Crippen molar-refractivity contribution in [3.63, 3.8) is 0 Å². The maximum absolute atomic E-state index is 5.40. The van der Waals surface area contributed by atoms with Crippen LogP contribution in [0.5, 0.6) is 11.5 Å². The Bertz CT molecular complexity index is 599. The number of ether oxygens (including phenoxy) is 2. The molecule has 2 rings (SSSR count). The molecule has 0 aliphatic heterocycles. The van der Waals surface area contributed by atoms with Crippen LogP contribution in [0.25, 0.3) is 0 Å². The van der Waals surface area contributed by atoms with Crippen molar-refractivity contribution in [2.24, 2.45) is 0 Å². The van der Waals surface area contributed by atoms with E-state index in [2.05, 4.69) is 42.2 Å². The molecule has 7 heteroatoms. The van der Waals surface area contributed by atoms with Gasteiger partial charge in [-0.1, -0.05) is 21.1 Å². The first-order valence-corrected chi connectivity index (χ1v) is 7.70. The van der Waals surface area contributed by atoms with Crippen LogP contribution < -0.4 is 9.47 Å². The Balaban J connectivity index is 2.31. The average Bonchev–Trinajstić information content (AvgIpc) is 2.89. The first kappa shape index (κ1) is 15.3. The Hall–Kier alpha value is -1.08. The van der Waals surface area contributed by atoms with Gasteiger partial charge in [0.15, 0.2) is 0 Å². The summed E-state index contributed by atoms with van der Waals surface area (Å²) >= 11 is 6.92. The topological polar surface area (TPSA) is 49.2 Å². The number of methoxy groups -OCH3 is 2. The van der Waals surface area contributed by atoms with Gasteiger partial charge in [-0.2, -0.15) is 0 Å². The lowest BCUT2D eigenvalue weighted by Gasteiger charge is -2.12. The van der Waals surface area contributed by atoms with E-state index in [-0.39, 0.29) is 4.83 Å². The zero-order valence-corrected chi connectivity index (χ0v) is 14.6. The highest BCUT2D eigenvalue weighted by Crippen LogP contribution is 2.33. The van der Waals surface area contributed by atoms with Crippen molar-refractivity contribution >= 4 is 31.9 Å². The molecule has 108 valence electrons. The summed E-state index contributed by atoms with van der Waals surface area (Å²) in [5, 5.41) is 8.23. The predicted octanol–water partition coefficient (Wildman–Crippen LogP) is 3.56. The van der Waals surface area contributed by atoms with Crippen LogP contribution in [0.1, 0.15) is 23.0 Å². The fourth-order valence-electron chi connectivity index (χ4n) is 1.79. The SMILES string of the molecule is COc1cc(Cn2cc(C(C)Br)nn2)c(OC)cc1Br. The summed E-state index contributed by atoms with van der Waals surface area (Å²) in [6.07, 6.45) is 1.91. The molecule has 0 bridgehead atoms. The van der Waals surface area contributed by atoms with Gasteiger partial charge in [0.05, 0.1) is 35.8 Å². The second-order valence-corrected chi connectivity index (χ2v) is 6.48. The highest BCUT2D eigenvalue weighted by Gasteiger charge is 2.12. The molecule has 0 aliphatic carbocycles. The highest BCUT2D eigenvalue weighted by molar-refractivity contribution is 9.10. The molecule has 0 saturated heterocycles. The number of hydrogen-bond acceptors (Lipinski definition) is 4. The molecule has 0 spiro atoms. The Morgan fingerprint density at radius 1 is 1.25 bits per heavy atom. The Labute approximate surface area is 134 Å². The van der Waals surface area contributed by atoms with Crippen molar-refractivity contribution in [1.82, 2.24) is 15.0 Å². The van der Waals surface area contributed by atoms with Crippen LogP contribution in [0.3, 0.4) is 0 Å². The second kappa shape index (κ2) is 6.58. The lowest BCUT2D eigenvalue weighted by molar-refractivity contribution is 0.394. The first-order valence-electron chi connectivity index (χ1n) is 5.99. The zero-order chi connectivity index (χ0) is 14.7. The van der Waals surface area contributed by atoms with E-state index < -0.39 is 0 Å². The van der Waals surface area contributed by atoms with E-state index in [4.69, 9.17) is 9.47 Å². The van der Waals surface area contributed by atoms with Gasteiger partial charge < -0.3 is 9.47 Å². The summed E-state index contributed by atoms with van der Waals surface area (Å²) < 4.78 is 13.3. The van der Waals surface area contributed by atoms with E-state index in [9.17, 15) is 0 Å². The molecule has 20 heavy (non-hydrogen) atoms. The van der Waals surface area contributed by atoms with Crippen molar-refractivity contribution in [3.8, 4) is 11.5 Å². The number of rotatable bonds is 5. The molecule has 1 atom stereocenters. The average molecular weight is 405 g/mol. The van der Waals surface area contributed by atoms with Crippen LogP contribution in [0.2, 0.25) is 0 Å². The Morgan fingerprint density at radius 3 is 2.50 bits per heavy atom. The second-order valence-electron chi connectivity index (χ2n) is 4.26. The summed E-state index contributed by atoms with van der Waals surface area (Å²) in [5.74, 6) is 1.54. The third-order valence-electron chi connectivity index (χ3n) is 2.85. The van der Waals surface area contributed by atoms with Crippen LogP contribution in [0, 0.1) is 0 Å². The maximum Gasteiger partial charge on any atom is 0.133 e. The van der Waals surface area contributed by atoms with Gasteiger partial charge in [0.1, 0.15) is 11.5 Å². The van der Waals surface area contributed by atoms with E-state index in [1.54, 1.807) is 18.9 Å². The minimum atomic E-state index is 0.178. The Kier molecular flexibility index (Phi) is 5.04. The number of benzene rings is 1. The molecule has 1 heterocycles. The number of halogens is 2. The van der Waals surface area contributed by atoms with E-state index >= 15 is 0 Å². The molecular formula is C13H15Br2N3O2. The van der Waals surface area contributed by atoms with Crippen molar-refractivity contribution in [2.75, 3.05) is 14.2 Å². The molecule has 0 saturated carbocycles. The van der Waals surface area contributed by atoms with Crippen molar-refractivity contribution in [1.29, 1.82) is 0 Å². The van der Waals surface area contributed by atoms with Crippen LogP contribution in [-0.4, -0.2) is 29.2 Å². The summed E-state index contributed by atoms with van der Waals surface area (Å²) in [6, 6.07) is 3.82. The van der Waals surface area contributed by atoms with Crippen LogP contribution in [0.15, 0.2) is 22.8 Å². The minimum absolute atomic E-state index is 0.178. The quantitative estimate of drug-likeness (QED) is 0.715. The van der Waals surface area contributed by atoms with Crippen LogP contribution in [-0.2, 0) is 6.54 Å². The minimum Gasteiger partial charge on any atom is -0.496 e.